The van der Waals surface area contributed by atoms with Crippen molar-refractivity contribution in [1.29, 1.82) is 0 Å². The molecule has 0 fully saturated rings. The third-order valence-corrected chi connectivity index (χ3v) is 4.62. The highest BCUT2D eigenvalue weighted by molar-refractivity contribution is 9.10. The third kappa shape index (κ3) is 5.12. The molecule has 2 aromatic carbocycles. The molecule has 0 aromatic heterocycles. The van der Waals surface area contributed by atoms with E-state index in [-0.39, 0.29) is 23.9 Å². The SMILES string of the molecule is N[C@@H](CCSC(F)(F)F)C(=O)Nc1ccc(Br)c2ccccc12. The number of amides is 1. The maximum Gasteiger partial charge on any atom is 0.441 e. The van der Waals surface area contributed by atoms with Gasteiger partial charge in [0.15, 0.2) is 0 Å². The molecule has 0 spiro atoms. The Morgan fingerprint density at radius 1 is 1.22 bits per heavy atom. The number of fused-ring (bicyclic) bond motifs is 1. The van der Waals surface area contributed by atoms with E-state index in [9.17, 15) is 18.0 Å². The molecule has 0 saturated heterocycles. The van der Waals surface area contributed by atoms with Crippen LogP contribution in [0.15, 0.2) is 40.9 Å². The minimum atomic E-state index is -4.31. The van der Waals surface area contributed by atoms with Crippen LogP contribution in [-0.4, -0.2) is 23.2 Å². The van der Waals surface area contributed by atoms with Crippen LogP contribution >= 0.6 is 27.7 Å². The van der Waals surface area contributed by atoms with Gasteiger partial charge in [0.2, 0.25) is 5.91 Å². The number of nitrogens with one attached hydrogen (secondary N) is 1. The van der Waals surface area contributed by atoms with E-state index in [4.69, 9.17) is 5.73 Å². The fourth-order valence-electron chi connectivity index (χ4n) is 2.03. The van der Waals surface area contributed by atoms with Gasteiger partial charge in [-0.2, -0.15) is 13.2 Å². The zero-order valence-corrected chi connectivity index (χ0v) is 14.3. The minimum Gasteiger partial charge on any atom is -0.324 e. The van der Waals surface area contributed by atoms with E-state index in [0.29, 0.717) is 5.69 Å². The van der Waals surface area contributed by atoms with Gasteiger partial charge in [-0.1, -0.05) is 52.0 Å². The number of benzene rings is 2. The van der Waals surface area contributed by atoms with Crippen molar-refractivity contribution in [2.75, 3.05) is 11.1 Å². The molecule has 0 radical (unpaired) electrons. The van der Waals surface area contributed by atoms with Crippen LogP contribution in [0.4, 0.5) is 18.9 Å². The number of hydrogen-bond acceptors (Lipinski definition) is 3. The van der Waals surface area contributed by atoms with Crippen molar-refractivity contribution in [1.82, 2.24) is 0 Å². The Labute approximate surface area is 143 Å². The standard InChI is InChI=1S/C15H14BrF3N2OS/c16-11-5-6-13(10-4-2-1-3-9(10)11)21-14(22)12(20)7-8-23-15(17,18)19/h1-6,12H,7-8,20H2,(H,21,22)/t12-/m0/s1. The van der Waals surface area contributed by atoms with Gasteiger partial charge in [0.1, 0.15) is 0 Å². The van der Waals surface area contributed by atoms with Gasteiger partial charge < -0.3 is 11.1 Å². The molecule has 3 nitrogen and oxygen atoms in total. The lowest BCUT2D eigenvalue weighted by Crippen LogP contribution is -2.36. The molecule has 23 heavy (non-hydrogen) atoms. The van der Waals surface area contributed by atoms with Crippen LogP contribution < -0.4 is 11.1 Å². The van der Waals surface area contributed by atoms with Crippen LogP contribution in [0.3, 0.4) is 0 Å². The van der Waals surface area contributed by atoms with Crippen LogP contribution in [0.2, 0.25) is 0 Å². The number of carbonyl (C=O) groups is 1. The number of rotatable bonds is 5. The minimum absolute atomic E-state index is 0.0511. The predicted molar refractivity (Wildman–Crippen MR) is 91.4 cm³/mol. The maximum absolute atomic E-state index is 12.1. The van der Waals surface area contributed by atoms with E-state index in [1.807, 2.05) is 24.3 Å². The number of halogens is 4. The normalized spacial score (nSPS) is 13.1. The van der Waals surface area contributed by atoms with E-state index < -0.39 is 17.5 Å². The lowest BCUT2D eigenvalue weighted by Gasteiger charge is -2.14. The second-order valence-corrected chi connectivity index (χ2v) is 6.83. The first-order chi connectivity index (χ1) is 10.8. The molecule has 0 aliphatic carbocycles. The molecule has 3 N–H and O–H groups in total. The Bertz CT molecular complexity index is 709. The topological polar surface area (TPSA) is 55.1 Å². The maximum atomic E-state index is 12.1. The second-order valence-electron chi connectivity index (χ2n) is 4.82. The van der Waals surface area contributed by atoms with Gasteiger partial charge in [0.25, 0.3) is 0 Å². The largest absolute Gasteiger partial charge is 0.441 e. The Morgan fingerprint density at radius 2 is 1.87 bits per heavy atom. The highest BCUT2D eigenvalue weighted by Crippen LogP contribution is 2.31. The highest BCUT2D eigenvalue weighted by Gasteiger charge is 2.28. The first kappa shape index (κ1) is 18.1. The summed E-state index contributed by atoms with van der Waals surface area (Å²) in [5.41, 5.74) is 1.94. The molecule has 124 valence electrons. The summed E-state index contributed by atoms with van der Waals surface area (Å²) in [4.78, 5) is 12.1. The summed E-state index contributed by atoms with van der Waals surface area (Å²) in [7, 11) is 0. The smallest absolute Gasteiger partial charge is 0.324 e. The Kier molecular flexibility index (Phi) is 5.94. The number of alkyl halides is 3. The molecule has 8 heteroatoms. The number of thioether (sulfide) groups is 1. The summed E-state index contributed by atoms with van der Waals surface area (Å²) in [6.45, 7) is 0. The lowest BCUT2D eigenvalue weighted by molar-refractivity contribution is -0.117. The van der Waals surface area contributed by atoms with Gasteiger partial charge in [-0.25, -0.2) is 0 Å². The number of hydrogen-bond donors (Lipinski definition) is 2. The monoisotopic (exact) mass is 406 g/mol. The molecule has 0 aliphatic heterocycles. The van der Waals surface area contributed by atoms with Gasteiger partial charge in [0, 0.05) is 21.3 Å². The summed E-state index contributed by atoms with van der Waals surface area (Å²) in [6, 6.07) is 9.98. The molecule has 2 aromatic rings. The van der Waals surface area contributed by atoms with Crippen LogP contribution in [-0.2, 0) is 4.79 Å². The Hall–Kier alpha value is -1.25. The van der Waals surface area contributed by atoms with Gasteiger partial charge in [-0.05, 0) is 23.9 Å². The molecule has 1 amide bonds. The van der Waals surface area contributed by atoms with Crippen molar-refractivity contribution < 1.29 is 18.0 Å². The van der Waals surface area contributed by atoms with Gasteiger partial charge in [0.05, 0.1) is 6.04 Å². The van der Waals surface area contributed by atoms with Crippen molar-refractivity contribution in [3.05, 3.63) is 40.9 Å². The molecule has 0 bridgehead atoms. The first-order valence-corrected chi connectivity index (χ1v) is 8.50. The molecule has 0 unspecified atom stereocenters. The van der Waals surface area contributed by atoms with Gasteiger partial charge in [-0.3, -0.25) is 4.79 Å². The number of anilines is 1. The zero-order chi connectivity index (χ0) is 17.0. The van der Waals surface area contributed by atoms with Crippen LogP contribution in [0.25, 0.3) is 10.8 Å². The van der Waals surface area contributed by atoms with Crippen molar-refractivity contribution >= 4 is 50.1 Å². The van der Waals surface area contributed by atoms with Gasteiger partial charge in [-0.15, -0.1) is 0 Å². The number of nitrogens with two attached hydrogens (primary N) is 1. The van der Waals surface area contributed by atoms with E-state index in [0.717, 1.165) is 15.2 Å². The molecular weight excluding hydrogens is 393 g/mol. The van der Waals surface area contributed by atoms with Crippen molar-refractivity contribution in [2.24, 2.45) is 5.73 Å². The zero-order valence-electron chi connectivity index (χ0n) is 11.9. The van der Waals surface area contributed by atoms with Crippen LogP contribution in [0.5, 0.6) is 0 Å². The summed E-state index contributed by atoms with van der Waals surface area (Å²) in [5, 5.41) is 4.43. The molecule has 2 rings (SSSR count). The quantitative estimate of drug-likeness (QED) is 0.767. The fraction of sp³-hybridized carbons (Fsp3) is 0.267. The molecule has 1 atom stereocenters. The van der Waals surface area contributed by atoms with E-state index in [1.165, 1.54) is 0 Å². The lowest BCUT2D eigenvalue weighted by atomic mass is 10.1. The molecular formula is C15H14BrF3N2OS. The van der Waals surface area contributed by atoms with Crippen molar-refractivity contribution in [3.8, 4) is 0 Å². The van der Waals surface area contributed by atoms with Gasteiger partial charge >= 0.3 is 5.51 Å². The van der Waals surface area contributed by atoms with E-state index in [2.05, 4.69) is 21.2 Å². The van der Waals surface area contributed by atoms with E-state index in [1.54, 1.807) is 12.1 Å². The average Bonchev–Trinajstić information content (AvgIpc) is 2.49. The van der Waals surface area contributed by atoms with E-state index >= 15 is 0 Å². The fourth-order valence-corrected chi connectivity index (χ4v) is 3.11. The first-order valence-electron chi connectivity index (χ1n) is 6.72. The summed E-state index contributed by atoms with van der Waals surface area (Å²) in [6.07, 6.45) is -0.0511. The second kappa shape index (κ2) is 7.55. The summed E-state index contributed by atoms with van der Waals surface area (Å²) < 4.78 is 37.1. The van der Waals surface area contributed by atoms with Crippen molar-refractivity contribution in [2.45, 2.75) is 18.0 Å². The Morgan fingerprint density at radius 3 is 2.52 bits per heavy atom. The molecule has 0 aliphatic rings. The Balaban J connectivity index is 2.04. The third-order valence-electron chi connectivity index (χ3n) is 3.16. The predicted octanol–water partition coefficient (Wildman–Crippen LogP) is 4.51. The summed E-state index contributed by atoms with van der Waals surface area (Å²) >= 11 is 3.26. The van der Waals surface area contributed by atoms with Crippen LogP contribution in [0.1, 0.15) is 6.42 Å². The van der Waals surface area contributed by atoms with Crippen molar-refractivity contribution in [3.63, 3.8) is 0 Å². The summed E-state index contributed by atoms with van der Waals surface area (Å²) in [5.74, 6) is -0.751. The highest BCUT2D eigenvalue weighted by atomic mass is 79.9. The molecule has 0 heterocycles. The number of carbonyl (C=O) groups excluding carboxylic acids is 1. The average molecular weight is 407 g/mol. The molecule has 0 saturated carbocycles. The van der Waals surface area contributed by atoms with Crippen LogP contribution in [0, 0.1) is 0 Å².